The summed E-state index contributed by atoms with van der Waals surface area (Å²) in [5.41, 5.74) is 11.2. The molecular formula is C31H30FN5O. The van der Waals surface area contributed by atoms with E-state index in [2.05, 4.69) is 16.5 Å². The van der Waals surface area contributed by atoms with Gasteiger partial charge in [0.25, 0.3) is 0 Å². The van der Waals surface area contributed by atoms with Gasteiger partial charge in [-0.3, -0.25) is 4.79 Å². The van der Waals surface area contributed by atoms with E-state index in [0.717, 1.165) is 28.9 Å². The lowest BCUT2D eigenvalue weighted by molar-refractivity contribution is 0.0984. The maximum absolute atomic E-state index is 15.0. The molecule has 7 heteroatoms. The minimum atomic E-state index is -0.429. The zero-order chi connectivity index (χ0) is 26.6. The van der Waals surface area contributed by atoms with Gasteiger partial charge >= 0.3 is 0 Å². The molecule has 0 radical (unpaired) electrons. The van der Waals surface area contributed by atoms with Gasteiger partial charge in [-0.15, -0.1) is 0 Å². The molecule has 0 unspecified atom stereocenters. The molecule has 0 saturated heterocycles. The van der Waals surface area contributed by atoms with Gasteiger partial charge in [0.1, 0.15) is 11.5 Å². The predicted octanol–water partition coefficient (Wildman–Crippen LogP) is 5.16. The molecule has 3 aromatic carbocycles. The highest BCUT2D eigenvalue weighted by atomic mass is 19.1. The SMILES string of the molecule is Cc1cc(C(=O)Cc2cc([C@H](NCC3CC3)c3cccc(C#N)c3)ccc2F)n(-c2cccc(CN)c2)n1. The summed E-state index contributed by atoms with van der Waals surface area (Å²) in [5, 5.41) is 17.5. The molecule has 38 heavy (non-hydrogen) atoms. The van der Waals surface area contributed by atoms with Crippen LogP contribution in [0, 0.1) is 30.0 Å². The van der Waals surface area contributed by atoms with Gasteiger partial charge in [0.15, 0.2) is 5.78 Å². The molecule has 0 bridgehead atoms. The Balaban J connectivity index is 1.45. The molecule has 6 nitrogen and oxygen atoms in total. The highest BCUT2D eigenvalue weighted by molar-refractivity contribution is 5.96. The first kappa shape index (κ1) is 25.5. The lowest BCUT2D eigenvalue weighted by Gasteiger charge is -2.21. The fourth-order valence-electron chi connectivity index (χ4n) is 4.71. The van der Waals surface area contributed by atoms with Crippen LogP contribution in [-0.4, -0.2) is 22.1 Å². The fraction of sp³-hybridized carbons (Fsp3) is 0.258. The van der Waals surface area contributed by atoms with Gasteiger partial charge in [0.05, 0.1) is 29.1 Å². The van der Waals surface area contributed by atoms with Crippen LogP contribution < -0.4 is 11.1 Å². The lowest BCUT2D eigenvalue weighted by Crippen LogP contribution is -2.25. The van der Waals surface area contributed by atoms with E-state index in [4.69, 9.17) is 5.73 Å². The van der Waals surface area contributed by atoms with E-state index in [1.165, 1.54) is 18.9 Å². The first-order valence-electron chi connectivity index (χ1n) is 12.9. The average Bonchev–Trinajstić information content (AvgIpc) is 3.69. The Labute approximate surface area is 221 Å². The minimum absolute atomic E-state index is 0.102. The van der Waals surface area contributed by atoms with Crippen LogP contribution in [0.2, 0.25) is 0 Å². The topological polar surface area (TPSA) is 96.7 Å². The predicted molar refractivity (Wildman–Crippen MR) is 144 cm³/mol. The van der Waals surface area contributed by atoms with Crippen LogP contribution in [0.1, 0.15) is 62.9 Å². The van der Waals surface area contributed by atoms with Crippen molar-refractivity contribution < 1.29 is 9.18 Å². The van der Waals surface area contributed by atoms with Crippen LogP contribution >= 0.6 is 0 Å². The normalized spacial score (nSPS) is 13.7. The molecule has 1 atom stereocenters. The number of aromatic nitrogens is 2. The van der Waals surface area contributed by atoms with Crippen LogP contribution in [0.25, 0.3) is 5.69 Å². The average molecular weight is 508 g/mol. The Morgan fingerprint density at radius 2 is 1.92 bits per heavy atom. The summed E-state index contributed by atoms with van der Waals surface area (Å²) in [7, 11) is 0. The number of nitriles is 1. The number of halogens is 1. The molecular weight excluding hydrogens is 477 g/mol. The second-order valence-electron chi connectivity index (χ2n) is 9.93. The third-order valence-electron chi connectivity index (χ3n) is 6.92. The van der Waals surface area contributed by atoms with Crippen LogP contribution in [0.3, 0.4) is 0 Å². The van der Waals surface area contributed by atoms with Crippen LogP contribution in [-0.2, 0) is 13.0 Å². The van der Waals surface area contributed by atoms with Crippen molar-refractivity contribution in [2.24, 2.45) is 11.7 Å². The smallest absolute Gasteiger partial charge is 0.185 e. The Morgan fingerprint density at radius 3 is 2.68 bits per heavy atom. The van der Waals surface area contributed by atoms with E-state index >= 15 is 4.39 Å². The summed E-state index contributed by atoms with van der Waals surface area (Å²) in [4.78, 5) is 13.5. The summed E-state index contributed by atoms with van der Waals surface area (Å²) in [6, 6.07) is 23.7. The van der Waals surface area contributed by atoms with Crippen molar-refractivity contribution in [1.82, 2.24) is 15.1 Å². The molecule has 1 heterocycles. The molecule has 1 aliphatic carbocycles. The van der Waals surface area contributed by atoms with Gasteiger partial charge < -0.3 is 11.1 Å². The number of benzene rings is 3. The summed E-state index contributed by atoms with van der Waals surface area (Å²) in [6.45, 7) is 3.04. The van der Waals surface area contributed by atoms with Gasteiger partial charge in [-0.25, -0.2) is 9.07 Å². The first-order valence-corrected chi connectivity index (χ1v) is 12.9. The molecule has 0 aliphatic heterocycles. The number of nitrogens with one attached hydrogen (secondary N) is 1. The quantitative estimate of drug-likeness (QED) is 0.289. The van der Waals surface area contributed by atoms with Crippen molar-refractivity contribution in [3.8, 4) is 11.8 Å². The van der Waals surface area contributed by atoms with E-state index in [1.807, 2.05) is 49.4 Å². The number of ketones is 1. The van der Waals surface area contributed by atoms with Gasteiger partial charge in [0.2, 0.25) is 0 Å². The molecule has 192 valence electrons. The van der Waals surface area contributed by atoms with E-state index < -0.39 is 5.82 Å². The largest absolute Gasteiger partial charge is 0.326 e. The summed E-state index contributed by atoms with van der Waals surface area (Å²) >= 11 is 0. The number of hydrogen-bond donors (Lipinski definition) is 2. The summed E-state index contributed by atoms with van der Waals surface area (Å²) in [6.07, 6.45) is 2.29. The molecule has 5 rings (SSSR count). The van der Waals surface area contributed by atoms with Crippen molar-refractivity contribution in [1.29, 1.82) is 5.26 Å². The fourth-order valence-corrected chi connectivity index (χ4v) is 4.71. The number of aryl methyl sites for hydroxylation is 1. The molecule has 1 saturated carbocycles. The van der Waals surface area contributed by atoms with Crippen LogP contribution in [0.4, 0.5) is 4.39 Å². The first-order chi connectivity index (χ1) is 18.4. The van der Waals surface area contributed by atoms with Gasteiger partial charge in [-0.2, -0.15) is 10.4 Å². The zero-order valence-corrected chi connectivity index (χ0v) is 21.3. The van der Waals surface area contributed by atoms with Gasteiger partial charge in [-0.05, 0) is 90.9 Å². The van der Waals surface area contributed by atoms with Crippen molar-refractivity contribution in [3.63, 3.8) is 0 Å². The second kappa shape index (κ2) is 11.1. The third-order valence-corrected chi connectivity index (χ3v) is 6.92. The molecule has 1 aliphatic rings. The zero-order valence-electron chi connectivity index (χ0n) is 21.3. The molecule has 3 N–H and O–H groups in total. The Bertz CT molecular complexity index is 1510. The van der Waals surface area contributed by atoms with Crippen molar-refractivity contribution in [3.05, 3.63) is 118 Å². The number of hydrogen-bond acceptors (Lipinski definition) is 5. The van der Waals surface area contributed by atoms with Gasteiger partial charge in [-0.1, -0.05) is 36.4 Å². The van der Waals surface area contributed by atoms with Crippen LogP contribution in [0.15, 0.2) is 72.8 Å². The number of Topliss-reactive ketones (excluding diaryl/α,β-unsaturated/α-hetero) is 1. The Kier molecular flexibility index (Phi) is 7.45. The van der Waals surface area contributed by atoms with E-state index in [0.29, 0.717) is 35.0 Å². The number of nitrogens with two attached hydrogens (primary N) is 1. The molecule has 0 spiro atoms. The molecule has 0 amide bonds. The molecule has 1 fully saturated rings. The minimum Gasteiger partial charge on any atom is -0.326 e. The number of rotatable bonds is 10. The van der Waals surface area contributed by atoms with Crippen molar-refractivity contribution in [2.45, 2.75) is 38.8 Å². The standard InChI is InChI=1S/C31H30FN5O/c1-20-12-29(37(36-20)27-7-3-5-23(14-27)18-34)30(38)16-26-15-25(10-11-28(26)32)31(35-19-21-8-9-21)24-6-2-4-22(13-24)17-33/h2-7,10-15,21,31,35H,8-9,16,18-19,34H2,1H3/t31-/m1/s1. The van der Waals surface area contributed by atoms with Crippen molar-refractivity contribution >= 4 is 5.78 Å². The van der Waals surface area contributed by atoms with E-state index in [-0.39, 0.29) is 18.2 Å². The summed E-state index contributed by atoms with van der Waals surface area (Å²) < 4.78 is 16.6. The third kappa shape index (κ3) is 5.72. The summed E-state index contributed by atoms with van der Waals surface area (Å²) in [5.74, 6) is -0.0186. The number of carbonyl (C=O) groups excluding carboxylic acids is 1. The van der Waals surface area contributed by atoms with Crippen molar-refractivity contribution in [2.75, 3.05) is 6.54 Å². The van der Waals surface area contributed by atoms with E-state index in [1.54, 1.807) is 28.9 Å². The second-order valence-corrected chi connectivity index (χ2v) is 9.93. The highest BCUT2D eigenvalue weighted by Crippen LogP contribution is 2.31. The lowest BCUT2D eigenvalue weighted by atomic mass is 9.94. The highest BCUT2D eigenvalue weighted by Gasteiger charge is 2.25. The molecule has 1 aromatic heterocycles. The monoisotopic (exact) mass is 507 g/mol. The Morgan fingerprint density at radius 1 is 1.13 bits per heavy atom. The molecule has 4 aromatic rings. The van der Waals surface area contributed by atoms with Crippen LogP contribution in [0.5, 0.6) is 0 Å². The number of carbonyl (C=O) groups is 1. The Hall–Kier alpha value is -4.12. The maximum atomic E-state index is 15.0. The maximum Gasteiger partial charge on any atom is 0.185 e. The van der Waals surface area contributed by atoms with E-state index in [9.17, 15) is 10.1 Å². The van der Waals surface area contributed by atoms with Gasteiger partial charge in [0, 0.05) is 13.0 Å². The number of nitrogens with zero attached hydrogens (tertiary/aromatic N) is 3.